The van der Waals surface area contributed by atoms with Crippen molar-refractivity contribution in [1.82, 2.24) is 5.32 Å². The second-order valence-electron chi connectivity index (χ2n) is 8.29. The van der Waals surface area contributed by atoms with Crippen molar-refractivity contribution in [1.29, 1.82) is 0 Å². The molecule has 0 bridgehead atoms. The number of halogens is 2. The molecule has 3 aromatic carbocycles. The minimum atomic E-state index is -0.876. The van der Waals surface area contributed by atoms with Crippen molar-refractivity contribution in [3.05, 3.63) is 88.9 Å². The number of anilines is 2. The van der Waals surface area contributed by atoms with Gasteiger partial charge in [0.1, 0.15) is 12.6 Å². The lowest BCUT2D eigenvalue weighted by Crippen LogP contribution is -3.00. The zero-order valence-electron chi connectivity index (χ0n) is 20.1. The maximum absolute atomic E-state index is 13.3. The maximum Gasteiger partial charge on any atom is 0.320 e. The standard InChI is InChI=1S/C27H27ClN4O2S.HI/c1-18-17-22(14-15-23(18)32-16-6-9-24(32)35-2)29-26(33)25(19-7-4-3-5-8-19)31-27(34)30-21-12-10-20(28)11-13-21;/h3-5,7-8,10-15,17,25H,6,9,16H2,1-2H3,(H2-,29,30,31,33,34);1H. The Bertz CT molecular complexity index is 1250. The highest BCUT2D eigenvalue weighted by atomic mass is 127. The molecule has 3 N–H and O–H groups in total. The van der Waals surface area contributed by atoms with E-state index < -0.39 is 12.1 Å². The lowest BCUT2D eigenvalue weighted by atomic mass is 10.1. The third-order valence-corrected chi connectivity index (χ3v) is 6.98. The number of carbonyl (C=O) groups excluding carboxylic acids is 2. The SMILES string of the molecule is CSC1=[N+](c2ccc(NC(=O)C(NC(=O)Nc3ccc(Cl)cc3)c3ccccc3)cc2C)CCC1.[I-]. The average molecular weight is 635 g/mol. The summed E-state index contributed by atoms with van der Waals surface area (Å²) >= 11 is 7.70. The summed E-state index contributed by atoms with van der Waals surface area (Å²) in [6, 6.07) is 20.5. The summed E-state index contributed by atoms with van der Waals surface area (Å²) in [7, 11) is 0. The Kier molecular flexibility index (Phi) is 10.2. The van der Waals surface area contributed by atoms with Crippen LogP contribution in [0.4, 0.5) is 21.9 Å². The van der Waals surface area contributed by atoms with Gasteiger partial charge in [0.15, 0.2) is 0 Å². The van der Waals surface area contributed by atoms with E-state index in [1.54, 1.807) is 36.0 Å². The van der Waals surface area contributed by atoms with Gasteiger partial charge in [-0.05, 0) is 55.1 Å². The van der Waals surface area contributed by atoms with Gasteiger partial charge in [-0.25, -0.2) is 4.79 Å². The zero-order valence-corrected chi connectivity index (χ0v) is 23.8. The number of benzene rings is 3. The fraction of sp³-hybridized carbons (Fsp3) is 0.222. The van der Waals surface area contributed by atoms with Crippen LogP contribution in [0.25, 0.3) is 0 Å². The first-order valence-corrected chi connectivity index (χ1v) is 13.0. The van der Waals surface area contributed by atoms with Gasteiger partial charge < -0.3 is 39.9 Å². The molecule has 3 aromatic rings. The van der Waals surface area contributed by atoms with Crippen molar-refractivity contribution in [2.75, 3.05) is 23.4 Å². The largest absolute Gasteiger partial charge is 1.00 e. The molecule has 6 nitrogen and oxygen atoms in total. The molecule has 3 amide bonds. The fourth-order valence-electron chi connectivity index (χ4n) is 4.14. The van der Waals surface area contributed by atoms with Crippen molar-refractivity contribution in [3.8, 4) is 0 Å². The van der Waals surface area contributed by atoms with Crippen molar-refractivity contribution in [2.24, 2.45) is 0 Å². The minimum Gasteiger partial charge on any atom is -1.00 e. The first kappa shape index (κ1) is 28.0. The number of nitrogens with one attached hydrogen (secondary N) is 3. The normalized spacial score (nSPS) is 13.5. The van der Waals surface area contributed by atoms with Crippen LogP contribution in [0.15, 0.2) is 72.8 Å². The first-order valence-electron chi connectivity index (χ1n) is 11.4. The fourth-order valence-corrected chi connectivity index (χ4v) is 5.03. The summed E-state index contributed by atoms with van der Waals surface area (Å²) in [5.41, 5.74) is 4.18. The Balaban J connectivity index is 0.00000361. The van der Waals surface area contributed by atoms with Crippen LogP contribution in [0.2, 0.25) is 5.02 Å². The van der Waals surface area contributed by atoms with Crippen molar-refractivity contribution in [3.63, 3.8) is 0 Å². The van der Waals surface area contributed by atoms with E-state index in [1.807, 2.05) is 55.5 Å². The molecule has 0 saturated heterocycles. The molecule has 1 heterocycles. The summed E-state index contributed by atoms with van der Waals surface area (Å²) in [5.74, 6) is -0.327. The van der Waals surface area contributed by atoms with Crippen molar-refractivity contribution in [2.45, 2.75) is 25.8 Å². The van der Waals surface area contributed by atoms with Crippen LogP contribution in [0.1, 0.15) is 30.0 Å². The van der Waals surface area contributed by atoms with Crippen LogP contribution < -0.4 is 39.9 Å². The number of urea groups is 1. The van der Waals surface area contributed by atoms with Gasteiger partial charge in [-0.15, -0.1) is 0 Å². The number of thioether (sulfide) groups is 1. The molecular weight excluding hydrogens is 607 g/mol. The third-order valence-electron chi connectivity index (χ3n) is 5.84. The predicted molar refractivity (Wildman–Crippen MR) is 145 cm³/mol. The Morgan fingerprint density at radius 3 is 2.33 bits per heavy atom. The highest BCUT2D eigenvalue weighted by Crippen LogP contribution is 2.28. The van der Waals surface area contributed by atoms with E-state index in [1.165, 1.54) is 5.04 Å². The second-order valence-corrected chi connectivity index (χ2v) is 9.61. The number of rotatable bonds is 6. The highest BCUT2D eigenvalue weighted by molar-refractivity contribution is 8.13. The van der Waals surface area contributed by atoms with Gasteiger partial charge in [-0.1, -0.05) is 53.7 Å². The monoisotopic (exact) mass is 634 g/mol. The molecule has 0 aliphatic carbocycles. The van der Waals surface area contributed by atoms with Crippen LogP contribution in [0, 0.1) is 6.92 Å². The number of hydrogen-bond acceptors (Lipinski definition) is 3. The predicted octanol–water partition coefficient (Wildman–Crippen LogP) is 3.35. The topological polar surface area (TPSA) is 73.2 Å². The van der Waals surface area contributed by atoms with Crippen LogP contribution in [-0.2, 0) is 4.79 Å². The van der Waals surface area contributed by atoms with E-state index in [2.05, 4.69) is 26.8 Å². The van der Waals surface area contributed by atoms with E-state index in [0.29, 0.717) is 22.0 Å². The van der Waals surface area contributed by atoms with Gasteiger partial charge in [-0.3, -0.25) is 4.79 Å². The second kappa shape index (κ2) is 13.1. The van der Waals surface area contributed by atoms with E-state index in [0.717, 1.165) is 30.6 Å². The highest BCUT2D eigenvalue weighted by Gasteiger charge is 2.26. The van der Waals surface area contributed by atoms with Crippen LogP contribution in [0.3, 0.4) is 0 Å². The van der Waals surface area contributed by atoms with Crippen LogP contribution in [-0.4, -0.2) is 34.4 Å². The summed E-state index contributed by atoms with van der Waals surface area (Å²) in [6.45, 7) is 3.05. The van der Waals surface area contributed by atoms with Crippen molar-refractivity contribution >= 4 is 57.4 Å². The van der Waals surface area contributed by atoms with Crippen LogP contribution >= 0.6 is 23.4 Å². The Morgan fingerprint density at radius 2 is 1.67 bits per heavy atom. The summed E-state index contributed by atoms with van der Waals surface area (Å²) in [6.07, 6.45) is 4.36. The van der Waals surface area contributed by atoms with Gasteiger partial charge in [0.05, 0.1) is 0 Å². The Morgan fingerprint density at radius 1 is 0.972 bits per heavy atom. The Labute approximate surface area is 237 Å². The quantitative estimate of drug-likeness (QED) is 0.288. The molecule has 0 fully saturated rings. The first-order chi connectivity index (χ1) is 16.9. The molecule has 0 saturated carbocycles. The lowest BCUT2D eigenvalue weighted by Gasteiger charge is -2.19. The molecule has 36 heavy (non-hydrogen) atoms. The maximum atomic E-state index is 13.3. The van der Waals surface area contributed by atoms with E-state index in [9.17, 15) is 9.59 Å². The van der Waals surface area contributed by atoms with E-state index >= 15 is 0 Å². The third kappa shape index (κ3) is 7.02. The Hall–Kier alpha value is -2.56. The molecule has 9 heteroatoms. The summed E-state index contributed by atoms with van der Waals surface area (Å²) in [5, 5.41) is 10.5. The summed E-state index contributed by atoms with van der Waals surface area (Å²) < 4.78 is 2.35. The van der Waals surface area contributed by atoms with Gasteiger partial charge >= 0.3 is 6.03 Å². The zero-order chi connectivity index (χ0) is 24.8. The number of nitrogens with zero attached hydrogens (tertiary/aromatic N) is 1. The van der Waals surface area contributed by atoms with Gasteiger partial charge in [0, 0.05) is 40.9 Å². The number of carbonyl (C=O) groups is 2. The van der Waals surface area contributed by atoms with Crippen molar-refractivity contribution < 1.29 is 38.1 Å². The van der Waals surface area contributed by atoms with Gasteiger partial charge in [0.25, 0.3) is 5.91 Å². The molecule has 188 valence electrons. The molecule has 0 spiro atoms. The molecule has 4 rings (SSSR count). The number of amides is 3. The molecule has 1 aliphatic rings. The van der Waals surface area contributed by atoms with Crippen LogP contribution in [0.5, 0.6) is 0 Å². The molecular formula is C27H28ClIN4O2S. The number of aryl methyl sites for hydroxylation is 1. The molecule has 1 aliphatic heterocycles. The van der Waals surface area contributed by atoms with E-state index in [-0.39, 0.29) is 29.9 Å². The molecule has 1 atom stereocenters. The molecule has 1 unspecified atom stereocenters. The molecule has 0 aromatic heterocycles. The summed E-state index contributed by atoms with van der Waals surface area (Å²) in [4.78, 5) is 26.0. The minimum absolute atomic E-state index is 0. The molecule has 0 radical (unpaired) electrons. The average Bonchev–Trinajstić information content (AvgIpc) is 3.33. The number of hydrogen-bond donors (Lipinski definition) is 3. The van der Waals surface area contributed by atoms with E-state index in [4.69, 9.17) is 11.6 Å². The van der Waals surface area contributed by atoms with Gasteiger partial charge in [0.2, 0.25) is 10.7 Å². The lowest BCUT2D eigenvalue weighted by molar-refractivity contribution is -0.428. The van der Waals surface area contributed by atoms with Gasteiger partial charge in [-0.2, -0.15) is 4.58 Å². The smallest absolute Gasteiger partial charge is 0.320 e.